The lowest BCUT2D eigenvalue weighted by molar-refractivity contribution is 0.0600. The van der Waals surface area contributed by atoms with Gasteiger partial charge < -0.3 is 9.47 Å². The third-order valence-electron chi connectivity index (χ3n) is 3.21. The summed E-state index contributed by atoms with van der Waals surface area (Å²) < 4.78 is 36.6. The van der Waals surface area contributed by atoms with Crippen LogP contribution in [0.5, 0.6) is 5.75 Å². The summed E-state index contributed by atoms with van der Waals surface area (Å²) in [6, 6.07) is 12.6. The number of esters is 1. The molecule has 2 rings (SSSR count). The maximum Gasteiger partial charge on any atom is 0.337 e. The number of rotatable bonds is 6. The van der Waals surface area contributed by atoms with Gasteiger partial charge in [-0.3, -0.25) is 0 Å². The van der Waals surface area contributed by atoms with E-state index in [1.54, 1.807) is 31.4 Å². The molecule has 0 fully saturated rings. The zero-order chi connectivity index (χ0) is 16.9. The van der Waals surface area contributed by atoms with E-state index in [9.17, 15) is 13.2 Å². The van der Waals surface area contributed by atoms with E-state index in [-0.39, 0.29) is 11.4 Å². The molecule has 23 heavy (non-hydrogen) atoms. The zero-order valence-corrected chi connectivity index (χ0v) is 13.6. The lowest BCUT2D eigenvalue weighted by Gasteiger charge is -2.08. The monoisotopic (exact) mass is 335 g/mol. The zero-order valence-electron chi connectivity index (χ0n) is 12.8. The molecule has 0 atom stereocenters. The van der Waals surface area contributed by atoms with Crippen LogP contribution < -0.4 is 9.46 Å². The molecule has 0 saturated carbocycles. The second-order valence-electron chi connectivity index (χ2n) is 4.69. The molecule has 122 valence electrons. The fourth-order valence-corrected chi connectivity index (χ4v) is 2.91. The number of nitrogens with one attached hydrogen (secondary N) is 1. The molecular weight excluding hydrogens is 318 g/mol. The Morgan fingerprint density at radius 2 is 1.61 bits per heavy atom. The third-order valence-corrected chi connectivity index (χ3v) is 4.63. The van der Waals surface area contributed by atoms with Crippen LogP contribution in [0, 0.1) is 0 Å². The first-order valence-electron chi connectivity index (χ1n) is 6.77. The molecule has 0 aromatic heterocycles. The van der Waals surface area contributed by atoms with Gasteiger partial charge in [-0.2, -0.15) is 0 Å². The van der Waals surface area contributed by atoms with E-state index >= 15 is 0 Å². The first-order valence-corrected chi connectivity index (χ1v) is 8.25. The van der Waals surface area contributed by atoms with Gasteiger partial charge in [-0.25, -0.2) is 17.9 Å². The van der Waals surface area contributed by atoms with Gasteiger partial charge in [0.15, 0.2) is 0 Å². The molecule has 0 heterocycles. The lowest BCUT2D eigenvalue weighted by atomic mass is 10.2. The standard InChI is InChI=1S/C16H17NO5S/c1-21-14-7-3-12(4-8-14)11-17-23(19,20)15-9-5-13(6-10-15)16(18)22-2/h3-10,17H,11H2,1-2H3. The van der Waals surface area contributed by atoms with Crippen LogP contribution in [0.1, 0.15) is 15.9 Å². The van der Waals surface area contributed by atoms with Gasteiger partial charge in [0.1, 0.15) is 5.75 Å². The maximum atomic E-state index is 12.2. The minimum Gasteiger partial charge on any atom is -0.497 e. The number of carbonyl (C=O) groups is 1. The van der Waals surface area contributed by atoms with Crippen LogP contribution in [0.3, 0.4) is 0 Å². The molecule has 0 bridgehead atoms. The molecule has 0 aliphatic carbocycles. The number of sulfonamides is 1. The Hall–Kier alpha value is -2.38. The fraction of sp³-hybridized carbons (Fsp3) is 0.188. The predicted octanol–water partition coefficient (Wildman–Crippen LogP) is 1.96. The molecule has 0 saturated heterocycles. The summed E-state index contributed by atoms with van der Waals surface area (Å²) in [5.74, 6) is 0.190. The second kappa shape index (κ2) is 7.26. The van der Waals surface area contributed by atoms with Crippen molar-refractivity contribution in [1.82, 2.24) is 4.72 Å². The van der Waals surface area contributed by atoms with E-state index in [2.05, 4.69) is 9.46 Å². The normalized spacial score (nSPS) is 11.0. The smallest absolute Gasteiger partial charge is 0.337 e. The van der Waals surface area contributed by atoms with E-state index in [1.807, 2.05) is 0 Å². The number of hydrogen-bond donors (Lipinski definition) is 1. The van der Waals surface area contributed by atoms with Crippen LogP contribution in [0.25, 0.3) is 0 Å². The number of benzene rings is 2. The van der Waals surface area contributed by atoms with Crippen LogP contribution in [0.15, 0.2) is 53.4 Å². The summed E-state index contributed by atoms with van der Waals surface area (Å²) in [5.41, 5.74) is 1.10. The third kappa shape index (κ3) is 4.30. The second-order valence-corrected chi connectivity index (χ2v) is 6.46. The van der Waals surface area contributed by atoms with E-state index in [1.165, 1.54) is 31.4 Å². The van der Waals surface area contributed by atoms with Crippen LogP contribution in [0.4, 0.5) is 0 Å². The predicted molar refractivity (Wildman–Crippen MR) is 84.8 cm³/mol. The Labute approximate surface area is 135 Å². The van der Waals surface area contributed by atoms with Crippen molar-refractivity contribution in [3.05, 3.63) is 59.7 Å². The van der Waals surface area contributed by atoms with Gasteiger partial charge >= 0.3 is 5.97 Å². The van der Waals surface area contributed by atoms with Crippen LogP contribution in [-0.2, 0) is 21.3 Å². The summed E-state index contributed by atoms with van der Waals surface area (Å²) in [5, 5.41) is 0. The fourth-order valence-electron chi connectivity index (χ4n) is 1.89. The summed E-state index contributed by atoms with van der Waals surface area (Å²) in [6.45, 7) is 0.158. The Morgan fingerprint density at radius 1 is 1.00 bits per heavy atom. The highest BCUT2D eigenvalue weighted by Crippen LogP contribution is 2.14. The lowest BCUT2D eigenvalue weighted by Crippen LogP contribution is -2.23. The largest absolute Gasteiger partial charge is 0.497 e. The van der Waals surface area contributed by atoms with Gasteiger partial charge in [0.05, 0.1) is 24.7 Å². The summed E-state index contributed by atoms with van der Waals surface area (Å²) in [6.07, 6.45) is 0. The van der Waals surface area contributed by atoms with E-state index in [0.29, 0.717) is 11.3 Å². The first kappa shape index (κ1) is 17.0. The number of hydrogen-bond acceptors (Lipinski definition) is 5. The van der Waals surface area contributed by atoms with Gasteiger partial charge in [-0.1, -0.05) is 12.1 Å². The van der Waals surface area contributed by atoms with Gasteiger partial charge in [0.25, 0.3) is 0 Å². The minimum atomic E-state index is -3.66. The van der Waals surface area contributed by atoms with E-state index < -0.39 is 16.0 Å². The molecule has 6 nitrogen and oxygen atoms in total. The van der Waals surface area contributed by atoms with Gasteiger partial charge in [-0.15, -0.1) is 0 Å². The van der Waals surface area contributed by atoms with Crippen molar-refractivity contribution < 1.29 is 22.7 Å². The summed E-state index contributed by atoms with van der Waals surface area (Å²) in [7, 11) is -0.824. The topological polar surface area (TPSA) is 81.7 Å². The van der Waals surface area contributed by atoms with E-state index in [0.717, 1.165) is 5.56 Å². The molecule has 0 radical (unpaired) electrons. The molecule has 0 spiro atoms. The van der Waals surface area contributed by atoms with E-state index in [4.69, 9.17) is 4.74 Å². The van der Waals surface area contributed by atoms with Crippen molar-refractivity contribution >= 4 is 16.0 Å². The SMILES string of the molecule is COC(=O)c1ccc(S(=O)(=O)NCc2ccc(OC)cc2)cc1. The highest BCUT2D eigenvalue weighted by atomic mass is 32.2. The van der Waals surface area contributed by atoms with Crippen LogP contribution >= 0.6 is 0 Å². The average Bonchev–Trinajstić information content (AvgIpc) is 2.60. The number of carbonyl (C=O) groups excluding carboxylic acids is 1. The molecule has 0 aliphatic heterocycles. The summed E-state index contributed by atoms with van der Waals surface area (Å²) in [4.78, 5) is 11.4. The van der Waals surface area contributed by atoms with Crippen LogP contribution in [-0.4, -0.2) is 28.6 Å². The highest BCUT2D eigenvalue weighted by Gasteiger charge is 2.15. The van der Waals surface area contributed by atoms with Crippen molar-refractivity contribution in [2.24, 2.45) is 0 Å². The molecule has 1 N–H and O–H groups in total. The van der Waals surface area contributed by atoms with Crippen molar-refractivity contribution in [3.63, 3.8) is 0 Å². The molecular formula is C16H17NO5S. The van der Waals surface area contributed by atoms with Crippen molar-refractivity contribution in [3.8, 4) is 5.75 Å². The number of methoxy groups -OCH3 is 2. The van der Waals surface area contributed by atoms with Gasteiger partial charge in [0, 0.05) is 6.54 Å². The molecule has 0 unspecified atom stereocenters. The summed E-state index contributed by atoms with van der Waals surface area (Å²) >= 11 is 0. The Bertz CT molecular complexity index is 767. The molecule has 7 heteroatoms. The molecule has 2 aromatic rings. The molecule has 2 aromatic carbocycles. The number of ether oxygens (including phenoxy) is 2. The Balaban J connectivity index is 2.07. The first-order chi connectivity index (χ1) is 11.0. The van der Waals surface area contributed by atoms with Crippen molar-refractivity contribution in [2.75, 3.05) is 14.2 Å². The Kier molecular flexibility index (Phi) is 5.36. The maximum absolute atomic E-state index is 12.2. The minimum absolute atomic E-state index is 0.0821. The highest BCUT2D eigenvalue weighted by molar-refractivity contribution is 7.89. The van der Waals surface area contributed by atoms with Crippen LogP contribution in [0.2, 0.25) is 0 Å². The Morgan fingerprint density at radius 3 is 2.13 bits per heavy atom. The van der Waals surface area contributed by atoms with Crippen molar-refractivity contribution in [2.45, 2.75) is 11.4 Å². The average molecular weight is 335 g/mol. The molecule has 0 aliphatic rings. The van der Waals surface area contributed by atoms with Gasteiger partial charge in [0.2, 0.25) is 10.0 Å². The van der Waals surface area contributed by atoms with Gasteiger partial charge in [-0.05, 0) is 42.0 Å². The molecule has 0 amide bonds. The van der Waals surface area contributed by atoms with Crippen molar-refractivity contribution in [1.29, 1.82) is 0 Å². The quantitative estimate of drug-likeness (QED) is 0.816.